The van der Waals surface area contributed by atoms with E-state index in [0.717, 1.165) is 37.1 Å². The van der Waals surface area contributed by atoms with Gasteiger partial charge in [-0.2, -0.15) is 0 Å². The Balaban J connectivity index is 1.41. The first-order chi connectivity index (χ1) is 12.6. The Morgan fingerprint density at radius 1 is 1.35 bits per heavy atom. The first-order valence-corrected chi connectivity index (χ1v) is 9.40. The van der Waals surface area contributed by atoms with E-state index in [0.29, 0.717) is 32.8 Å². The van der Waals surface area contributed by atoms with Gasteiger partial charge in [-0.15, -0.1) is 0 Å². The molecule has 0 radical (unpaired) electrons. The number of carbonyl (C=O) groups excluding carboxylic acids is 2. The van der Waals surface area contributed by atoms with Crippen LogP contribution in [0.3, 0.4) is 0 Å². The highest BCUT2D eigenvalue weighted by molar-refractivity contribution is 5.87. The molecule has 6 nitrogen and oxygen atoms in total. The van der Waals surface area contributed by atoms with Gasteiger partial charge in [-0.3, -0.25) is 9.59 Å². The van der Waals surface area contributed by atoms with Crippen LogP contribution in [-0.2, 0) is 20.9 Å². The van der Waals surface area contributed by atoms with Gasteiger partial charge in [0.1, 0.15) is 5.75 Å². The van der Waals surface area contributed by atoms with E-state index >= 15 is 0 Å². The van der Waals surface area contributed by atoms with Crippen LogP contribution in [0.2, 0.25) is 0 Å². The molecule has 0 aromatic heterocycles. The Morgan fingerprint density at radius 3 is 2.96 bits per heavy atom. The fraction of sp³-hybridized carbons (Fsp3) is 0.600. The zero-order valence-electron chi connectivity index (χ0n) is 15.3. The topological polar surface area (TPSA) is 59.1 Å². The second kappa shape index (κ2) is 6.91. The molecule has 140 valence electrons. The Hall–Kier alpha value is -2.08. The number of amides is 2. The van der Waals surface area contributed by atoms with E-state index in [2.05, 4.69) is 0 Å². The molecule has 4 rings (SSSR count). The van der Waals surface area contributed by atoms with Crippen LogP contribution in [0.5, 0.6) is 5.75 Å². The van der Waals surface area contributed by atoms with Crippen molar-refractivity contribution in [3.8, 4) is 5.75 Å². The van der Waals surface area contributed by atoms with E-state index in [1.54, 1.807) is 7.11 Å². The average molecular weight is 358 g/mol. The van der Waals surface area contributed by atoms with E-state index in [1.165, 1.54) is 0 Å². The normalized spacial score (nSPS) is 28.3. The minimum absolute atomic E-state index is 0.0189. The SMILES string of the molecule is COc1cccc(CN2CCC3(CCN(C(=O)C4CCOC4)C3)C2=O)c1. The molecule has 1 aromatic rings. The first kappa shape index (κ1) is 17.3. The number of likely N-dealkylation sites (tertiary alicyclic amines) is 2. The molecular formula is C20H26N2O4. The maximum absolute atomic E-state index is 13.1. The van der Waals surface area contributed by atoms with Crippen LogP contribution >= 0.6 is 0 Å². The van der Waals surface area contributed by atoms with Crippen LogP contribution < -0.4 is 4.74 Å². The number of carbonyl (C=O) groups is 2. The summed E-state index contributed by atoms with van der Waals surface area (Å²) in [5, 5.41) is 0. The molecule has 3 aliphatic rings. The van der Waals surface area contributed by atoms with Gasteiger partial charge in [0.25, 0.3) is 0 Å². The van der Waals surface area contributed by atoms with E-state index in [4.69, 9.17) is 9.47 Å². The first-order valence-electron chi connectivity index (χ1n) is 9.40. The summed E-state index contributed by atoms with van der Waals surface area (Å²) >= 11 is 0. The smallest absolute Gasteiger partial charge is 0.231 e. The highest BCUT2D eigenvalue weighted by Gasteiger charge is 2.52. The molecule has 2 atom stereocenters. The van der Waals surface area contributed by atoms with E-state index in [9.17, 15) is 9.59 Å². The van der Waals surface area contributed by atoms with Crippen molar-refractivity contribution in [3.63, 3.8) is 0 Å². The molecule has 0 bridgehead atoms. The monoisotopic (exact) mass is 358 g/mol. The Morgan fingerprint density at radius 2 is 2.19 bits per heavy atom. The summed E-state index contributed by atoms with van der Waals surface area (Å²) in [5.74, 6) is 1.14. The van der Waals surface area contributed by atoms with E-state index in [1.807, 2.05) is 34.1 Å². The van der Waals surface area contributed by atoms with E-state index in [-0.39, 0.29) is 23.1 Å². The van der Waals surface area contributed by atoms with Crippen LogP contribution in [0.15, 0.2) is 24.3 Å². The molecule has 1 aromatic carbocycles. The number of benzene rings is 1. The van der Waals surface area contributed by atoms with E-state index < -0.39 is 0 Å². The van der Waals surface area contributed by atoms with Crippen molar-refractivity contribution in [2.24, 2.45) is 11.3 Å². The zero-order chi connectivity index (χ0) is 18.1. The van der Waals surface area contributed by atoms with Crippen LogP contribution in [0.4, 0.5) is 0 Å². The fourth-order valence-electron chi connectivity index (χ4n) is 4.46. The highest BCUT2D eigenvalue weighted by Crippen LogP contribution is 2.42. The molecule has 1 spiro atoms. The minimum Gasteiger partial charge on any atom is -0.497 e. The maximum Gasteiger partial charge on any atom is 0.231 e. The van der Waals surface area contributed by atoms with Crippen molar-refractivity contribution < 1.29 is 19.1 Å². The van der Waals surface area contributed by atoms with Gasteiger partial charge in [0.15, 0.2) is 0 Å². The number of nitrogens with zero attached hydrogens (tertiary/aromatic N) is 2. The number of methoxy groups -OCH3 is 1. The predicted molar refractivity (Wildman–Crippen MR) is 95.6 cm³/mol. The summed E-state index contributed by atoms with van der Waals surface area (Å²) in [5.41, 5.74) is 0.692. The lowest BCUT2D eigenvalue weighted by atomic mass is 9.85. The third-order valence-electron chi connectivity index (χ3n) is 6.05. The summed E-state index contributed by atoms with van der Waals surface area (Å²) in [4.78, 5) is 29.6. The molecule has 0 aliphatic carbocycles. The van der Waals surface area contributed by atoms with Gasteiger partial charge in [-0.05, 0) is 37.0 Å². The molecule has 0 N–H and O–H groups in total. The molecule has 2 unspecified atom stereocenters. The highest BCUT2D eigenvalue weighted by atomic mass is 16.5. The molecule has 0 saturated carbocycles. The third kappa shape index (κ3) is 3.07. The van der Waals surface area contributed by atoms with Crippen LogP contribution in [0, 0.1) is 11.3 Å². The lowest BCUT2D eigenvalue weighted by Gasteiger charge is -2.25. The maximum atomic E-state index is 13.1. The quantitative estimate of drug-likeness (QED) is 0.822. The third-order valence-corrected chi connectivity index (χ3v) is 6.05. The van der Waals surface area contributed by atoms with Gasteiger partial charge in [-0.25, -0.2) is 0 Å². The molecule has 2 amide bonds. The minimum atomic E-state index is -0.381. The van der Waals surface area contributed by atoms with Crippen LogP contribution in [-0.4, -0.2) is 61.6 Å². The number of hydrogen-bond donors (Lipinski definition) is 0. The summed E-state index contributed by atoms with van der Waals surface area (Å²) in [6, 6.07) is 7.85. The van der Waals surface area contributed by atoms with Gasteiger partial charge in [-0.1, -0.05) is 12.1 Å². The summed E-state index contributed by atoms with van der Waals surface area (Å²) in [6.07, 6.45) is 2.42. The average Bonchev–Trinajstić information content (AvgIpc) is 3.40. The second-order valence-electron chi connectivity index (χ2n) is 7.68. The Labute approximate surface area is 154 Å². The number of hydrogen-bond acceptors (Lipinski definition) is 4. The van der Waals surface area contributed by atoms with Crippen molar-refractivity contribution in [2.45, 2.75) is 25.8 Å². The lowest BCUT2D eigenvalue weighted by Crippen LogP contribution is -2.40. The molecule has 3 heterocycles. The van der Waals surface area contributed by atoms with Gasteiger partial charge < -0.3 is 19.3 Å². The lowest BCUT2D eigenvalue weighted by molar-refractivity contribution is -0.138. The van der Waals surface area contributed by atoms with Crippen molar-refractivity contribution in [1.29, 1.82) is 0 Å². The fourth-order valence-corrected chi connectivity index (χ4v) is 4.46. The number of ether oxygens (including phenoxy) is 2. The van der Waals surface area contributed by atoms with Crippen LogP contribution in [0.25, 0.3) is 0 Å². The summed E-state index contributed by atoms with van der Waals surface area (Å²) in [7, 11) is 1.65. The molecule has 3 aliphatic heterocycles. The Bertz CT molecular complexity index is 701. The van der Waals surface area contributed by atoms with Crippen molar-refractivity contribution in [1.82, 2.24) is 9.80 Å². The largest absolute Gasteiger partial charge is 0.497 e. The zero-order valence-corrected chi connectivity index (χ0v) is 15.3. The number of rotatable bonds is 4. The predicted octanol–water partition coefficient (Wildman–Crippen LogP) is 1.68. The van der Waals surface area contributed by atoms with Crippen LogP contribution in [0.1, 0.15) is 24.8 Å². The summed E-state index contributed by atoms with van der Waals surface area (Å²) in [6.45, 7) is 3.80. The van der Waals surface area contributed by atoms with Crippen molar-refractivity contribution >= 4 is 11.8 Å². The molecule has 3 fully saturated rings. The van der Waals surface area contributed by atoms with Gasteiger partial charge in [0, 0.05) is 32.8 Å². The molecule has 3 saturated heterocycles. The molecular weight excluding hydrogens is 332 g/mol. The molecule has 26 heavy (non-hydrogen) atoms. The molecule has 6 heteroatoms. The van der Waals surface area contributed by atoms with Gasteiger partial charge in [0.05, 0.1) is 25.0 Å². The Kier molecular flexibility index (Phi) is 4.61. The second-order valence-corrected chi connectivity index (χ2v) is 7.68. The standard InChI is InChI=1S/C20H26N2O4/c1-25-17-4-2-3-15(11-17)12-21-8-6-20(19(21)24)7-9-22(14-20)18(23)16-5-10-26-13-16/h2-4,11,16H,5-10,12-14H2,1H3. The van der Waals surface area contributed by atoms with Crippen molar-refractivity contribution in [3.05, 3.63) is 29.8 Å². The van der Waals surface area contributed by atoms with Crippen molar-refractivity contribution in [2.75, 3.05) is 40.0 Å². The van der Waals surface area contributed by atoms with Gasteiger partial charge in [0.2, 0.25) is 11.8 Å². The van der Waals surface area contributed by atoms with Gasteiger partial charge >= 0.3 is 0 Å². The summed E-state index contributed by atoms with van der Waals surface area (Å²) < 4.78 is 10.6.